The van der Waals surface area contributed by atoms with E-state index in [0.717, 1.165) is 25.9 Å². The number of rotatable bonds is 4. The molecular formula is C16H18FN5O. The lowest BCUT2D eigenvalue weighted by Crippen LogP contribution is -2.29. The lowest BCUT2D eigenvalue weighted by atomic mass is 10.3. The van der Waals surface area contributed by atoms with Gasteiger partial charge < -0.3 is 15.5 Å². The minimum atomic E-state index is -0.476. The van der Waals surface area contributed by atoms with Gasteiger partial charge in [0.15, 0.2) is 0 Å². The largest absolute Gasteiger partial charge is 0.341 e. The van der Waals surface area contributed by atoms with E-state index in [9.17, 15) is 9.18 Å². The van der Waals surface area contributed by atoms with E-state index in [2.05, 4.69) is 25.5 Å². The van der Waals surface area contributed by atoms with E-state index in [4.69, 9.17) is 0 Å². The molecule has 2 aromatic rings. The fraction of sp³-hybridized carbons (Fsp3) is 0.312. The average molecular weight is 315 g/mol. The van der Waals surface area contributed by atoms with Crippen molar-refractivity contribution in [3.8, 4) is 0 Å². The van der Waals surface area contributed by atoms with Gasteiger partial charge >= 0.3 is 6.03 Å². The van der Waals surface area contributed by atoms with Gasteiger partial charge in [0.2, 0.25) is 5.95 Å². The van der Waals surface area contributed by atoms with Gasteiger partial charge in [0.05, 0.1) is 17.9 Å². The fourth-order valence-electron chi connectivity index (χ4n) is 2.45. The number of carbonyl (C=O) groups is 1. The Balaban J connectivity index is 1.56. The summed E-state index contributed by atoms with van der Waals surface area (Å²) in [7, 11) is 0. The normalized spacial score (nSPS) is 13.9. The second kappa shape index (κ2) is 7.04. The van der Waals surface area contributed by atoms with Crippen molar-refractivity contribution in [1.29, 1.82) is 0 Å². The third-order valence-corrected chi connectivity index (χ3v) is 3.64. The van der Waals surface area contributed by atoms with Crippen LogP contribution in [0.4, 0.5) is 20.8 Å². The molecular weight excluding hydrogens is 297 g/mol. The maximum absolute atomic E-state index is 13.5. The van der Waals surface area contributed by atoms with Crippen LogP contribution in [-0.2, 0) is 6.54 Å². The molecule has 6 nitrogen and oxygen atoms in total. The zero-order valence-electron chi connectivity index (χ0n) is 12.6. The van der Waals surface area contributed by atoms with Gasteiger partial charge in [-0.05, 0) is 31.0 Å². The number of nitrogens with zero attached hydrogens (tertiary/aromatic N) is 3. The van der Waals surface area contributed by atoms with Crippen molar-refractivity contribution < 1.29 is 9.18 Å². The van der Waals surface area contributed by atoms with Crippen molar-refractivity contribution in [2.45, 2.75) is 19.4 Å². The number of benzene rings is 1. The summed E-state index contributed by atoms with van der Waals surface area (Å²) in [5, 5.41) is 5.14. The van der Waals surface area contributed by atoms with Gasteiger partial charge in [-0.25, -0.2) is 19.2 Å². The van der Waals surface area contributed by atoms with Crippen molar-refractivity contribution >= 4 is 17.7 Å². The van der Waals surface area contributed by atoms with Gasteiger partial charge in [0.1, 0.15) is 5.82 Å². The average Bonchev–Trinajstić information content (AvgIpc) is 3.10. The molecule has 0 saturated carbocycles. The van der Waals surface area contributed by atoms with Crippen molar-refractivity contribution in [1.82, 2.24) is 15.3 Å². The first kappa shape index (κ1) is 15.2. The standard InChI is InChI=1S/C16H18FN5O/c17-13-5-1-2-6-14(13)21-16(23)19-11-12-7-8-18-15(20-12)22-9-3-4-10-22/h1-2,5-8H,3-4,9-11H2,(H2,19,21,23). The molecule has 1 aliphatic heterocycles. The minimum Gasteiger partial charge on any atom is -0.341 e. The Morgan fingerprint density at radius 3 is 2.78 bits per heavy atom. The highest BCUT2D eigenvalue weighted by Crippen LogP contribution is 2.15. The molecule has 3 rings (SSSR count). The summed E-state index contributed by atoms with van der Waals surface area (Å²) < 4.78 is 13.5. The minimum absolute atomic E-state index is 0.144. The number of carbonyl (C=O) groups excluding carboxylic acids is 1. The molecule has 2 heterocycles. The lowest BCUT2D eigenvalue weighted by molar-refractivity contribution is 0.251. The molecule has 120 valence electrons. The number of anilines is 2. The molecule has 1 saturated heterocycles. The van der Waals surface area contributed by atoms with Gasteiger partial charge in [-0.15, -0.1) is 0 Å². The Bertz CT molecular complexity index is 688. The monoisotopic (exact) mass is 315 g/mol. The van der Waals surface area contributed by atoms with Gasteiger partial charge in [0.25, 0.3) is 0 Å². The van der Waals surface area contributed by atoms with E-state index in [1.54, 1.807) is 24.4 Å². The zero-order valence-corrected chi connectivity index (χ0v) is 12.6. The zero-order chi connectivity index (χ0) is 16.1. The molecule has 0 aliphatic carbocycles. The summed E-state index contributed by atoms with van der Waals surface area (Å²) >= 11 is 0. The maximum Gasteiger partial charge on any atom is 0.319 e. The first-order valence-electron chi connectivity index (χ1n) is 7.58. The van der Waals surface area contributed by atoms with Gasteiger partial charge in [-0.3, -0.25) is 0 Å². The summed E-state index contributed by atoms with van der Waals surface area (Å²) in [6, 6.07) is 7.30. The molecule has 2 amide bonds. The number of hydrogen-bond donors (Lipinski definition) is 2. The smallest absolute Gasteiger partial charge is 0.319 e. The Labute approximate surface area is 133 Å². The number of amides is 2. The van der Waals surface area contributed by atoms with Crippen LogP contribution in [0.25, 0.3) is 0 Å². The van der Waals surface area contributed by atoms with Crippen molar-refractivity contribution in [2.75, 3.05) is 23.3 Å². The van der Waals surface area contributed by atoms with Crippen LogP contribution in [0, 0.1) is 5.82 Å². The lowest BCUT2D eigenvalue weighted by Gasteiger charge is -2.15. The molecule has 23 heavy (non-hydrogen) atoms. The van der Waals surface area contributed by atoms with Crippen LogP contribution in [-0.4, -0.2) is 29.1 Å². The van der Waals surface area contributed by atoms with Gasteiger partial charge in [0, 0.05) is 19.3 Å². The molecule has 1 aromatic heterocycles. The quantitative estimate of drug-likeness (QED) is 0.909. The second-order valence-corrected chi connectivity index (χ2v) is 5.33. The molecule has 0 unspecified atom stereocenters. The Morgan fingerprint density at radius 2 is 2.00 bits per heavy atom. The van der Waals surface area contributed by atoms with E-state index in [1.807, 2.05) is 0 Å². The van der Waals surface area contributed by atoms with Crippen LogP contribution in [0.3, 0.4) is 0 Å². The summed E-state index contributed by atoms with van der Waals surface area (Å²) in [6.07, 6.45) is 3.99. The van der Waals surface area contributed by atoms with Crippen molar-refractivity contribution in [2.24, 2.45) is 0 Å². The van der Waals surface area contributed by atoms with Crippen LogP contribution in [0.15, 0.2) is 36.5 Å². The molecule has 2 N–H and O–H groups in total. The predicted molar refractivity (Wildman–Crippen MR) is 85.7 cm³/mol. The number of halogens is 1. The van der Waals surface area contributed by atoms with E-state index < -0.39 is 11.8 Å². The van der Waals surface area contributed by atoms with Gasteiger partial charge in [-0.1, -0.05) is 12.1 Å². The van der Waals surface area contributed by atoms with Gasteiger partial charge in [-0.2, -0.15) is 0 Å². The van der Waals surface area contributed by atoms with Crippen molar-refractivity contribution in [3.05, 3.63) is 48.0 Å². The predicted octanol–water partition coefficient (Wildman–Crippen LogP) is 2.54. The Hall–Kier alpha value is -2.70. The SMILES string of the molecule is O=C(NCc1ccnc(N2CCCC2)n1)Nc1ccccc1F. The Morgan fingerprint density at radius 1 is 1.22 bits per heavy atom. The summed E-state index contributed by atoms with van der Waals surface area (Å²) in [5.74, 6) is 0.220. The van der Waals surface area contributed by atoms with Crippen LogP contribution in [0.2, 0.25) is 0 Å². The highest BCUT2D eigenvalue weighted by molar-refractivity contribution is 5.89. The summed E-state index contributed by atoms with van der Waals surface area (Å²) in [5.41, 5.74) is 0.857. The van der Waals surface area contributed by atoms with E-state index in [1.165, 1.54) is 12.1 Å². The van der Waals surface area contributed by atoms with Crippen LogP contribution >= 0.6 is 0 Å². The van der Waals surface area contributed by atoms with Crippen LogP contribution in [0.5, 0.6) is 0 Å². The first-order chi connectivity index (χ1) is 11.2. The van der Waals surface area contributed by atoms with Crippen LogP contribution < -0.4 is 15.5 Å². The molecule has 1 aromatic carbocycles. The molecule has 0 bridgehead atoms. The van der Waals surface area contributed by atoms with Crippen LogP contribution in [0.1, 0.15) is 18.5 Å². The number of hydrogen-bond acceptors (Lipinski definition) is 4. The van der Waals surface area contributed by atoms with E-state index >= 15 is 0 Å². The third-order valence-electron chi connectivity index (χ3n) is 3.64. The Kier molecular flexibility index (Phi) is 4.65. The van der Waals surface area contributed by atoms with Crippen molar-refractivity contribution in [3.63, 3.8) is 0 Å². The second-order valence-electron chi connectivity index (χ2n) is 5.33. The molecule has 0 atom stereocenters. The highest BCUT2D eigenvalue weighted by Gasteiger charge is 2.15. The summed E-state index contributed by atoms with van der Waals surface area (Å²) in [4.78, 5) is 22.7. The third kappa shape index (κ3) is 3.94. The molecule has 0 spiro atoms. The number of aromatic nitrogens is 2. The first-order valence-corrected chi connectivity index (χ1v) is 7.58. The number of para-hydroxylation sites is 1. The fourth-order valence-corrected chi connectivity index (χ4v) is 2.45. The summed E-state index contributed by atoms with van der Waals surface area (Å²) in [6.45, 7) is 2.18. The van der Waals surface area contributed by atoms with E-state index in [-0.39, 0.29) is 12.2 Å². The van der Waals surface area contributed by atoms with E-state index in [0.29, 0.717) is 11.6 Å². The molecule has 0 radical (unpaired) electrons. The molecule has 1 fully saturated rings. The molecule has 1 aliphatic rings. The number of nitrogens with one attached hydrogen (secondary N) is 2. The maximum atomic E-state index is 13.5. The molecule has 7 heteroatoms. The topological polar surface area (TPSA) is 70.2 Å². The highest BCUT2D eigenvalue weighted by atomic mass is 19.1. The number of urea groups is 1.